The molecule has 0 fully saturated rings. The quantitative estimate of drug-likeness (QED) is 0.254. The highest BCUT2D eigenvalue weighted by Gasteiger charge is 2.03. The van der Waals surface area contributed by atoms with E-state index in [0.717, 1.165) is 0 Å². The van der Waals surface area contributed by atoms with Crippen LogP contribution in [0.25, 0.3) is 0 Å². The Morgan fingerprint density at radius 2 is 0.950 bits per heavy atom. The summed E-state index contributed by atoms with van der Waals surface area (Å²) in [5.41, 5.74) is 0. The average molecular weight is 301 g/mol. The summed E-state index contributed by atoms with van der Waals surface area (Å²) in [7, 11) is 2.88. The molecule has 0 rings (SSSR count). The van der Waals surface area contributed by atoms with E-state index in [1.54, 1.807) is 0 Å². The fourth-order valence-corrected chi connectivity index (χ4v) is 3.11. The minimum Gasteiger partial charge on any atom is -0.303 e. The van der Waals surface area contributed by atoms with Gasteiger partial charge in [0.05, 0.1) is 0 Å². The number of unbranched alkanes of at least 4 members (excludes halogenated alkanes) is 10. The van der Waals surface area contributed by atoms with Gasteiger partial charge in [-0.3, -0.25) is 0 Å². The average Bonchev–Trinajstić information content (AvgIpc) is 2.46. The van der Waals surface area contributed by atoms with E-state index >= 15 is 0 Å². The molecule has 1 unspecified atom stereocenters. The first kappa shape index (κ1) is 20.4. The highest BCUT2D eigenvalue weighted by molar-refractivity contribution is 7.16. The zero-order chi connectivity index (χ0) is 14.9. The maximum atomic E-state index is 2.88. The first-order chi connectivity index (χ1) is 9.85. The van der Waals surface area contributed by atoms with Crippen LogP contribution in [0.4, 0.5) is 0 Å². The van der Waals surface area contributed by atoms with Crippen molar-refractivity contribution in [2.24, 2.45) is 0 Å². The molecule has 0 N–H and O–H groups in total. The van der Waals surface area contributed by atoms with E-state index in [1.165, 1.54) is 103 Å². The molecule has 1 atom stereocenters. The van der Waals surface area contributed by atoms with Crippen molar-refractivity contribution in [3.05, 3.63) is 0 Å². The van der Waals surface area contributed by atoms with Crippen LogP contribution >= 0.6 is 9.24 Å². The van der Waals surface area contributed by atoms with Crippen molar-refractivity contribution in [2.45, 2.75) is 90.9 Å². The van der Waals surface area contributed by atoms with Crippen LogP contribution in [0.5, 0.6) is 0 Å². The molecule has 0 saturated carbocycles. The molecule has 0 aromatic heterocycles. The van der Waals surface area contributed by atoms with Crippen molar-refractivity contribution < 1.29 is 0 Å². The van der Waals surface area contributed by atoms with Gasteiger partial charge in [-0.25, -0.2) is 0 Å². The van der Waals surface area contributed by atoms with Crippen LogP contribution in [-0.4, -0.2) is 30.7 Å². The van der Waals surface area contributed by atoms with E-state index < -0.39 is 0 Å². The minimum atomic E-state index is 1.23. The Labute approximate surface area is 131 Å². The van der Waals surface area contributed by atoms with Crippen LogP contribution < -0.4 is 0 Å². The summed E-state index contributed by atoms with van der Waals surface area (Å²) in [6.45, 7) is 8.52. The molecule has 0 aliphatic rings. The van der Waals surface area contributed by atoms with Crippen LogP contribution in [0.1, 0.15) is 90.9 Å². The molecular formula is C18H40NP. The highest BCUT2D eigenvalue weighted by atomic mass is 31.0. The lowest BCUT2D eigenvalue weighted by Crippen LogP contribution is -2.28. The summed E-state index contributed by atoms with van der Waals surface area (Å²) in [6, 6.07) is 0. The van der Waals surface area contributed by atoms with Gasteiger partial charge in [0.1, 0.15) is 0 Å². The lowest BCUT2D eigenvalue weighted by molar-refractivity contribution is 0.275. The summed E-state index contributed by atoms with van der Waals surface area (Å²) in [4.78, 5) is 2.69. The van der Waals surface area contributed by atoms with E-state index in [-0.39, 0.29) is 0 Å². The lowest BCUT2D eigenvalue weighted by Gasteiger charge is -2.21. The van der Waals surface area contributed by atoms with Gasteiger partial charge < -0.3 is 4.90 Å². The summed E-state index contributed by atoms with van der Waals surface area (Å²) in [5.74, 6) is 0. The molecule has 0 amide bonds. The number of rotatable bonds is 16. The van der Waals surface area contributed by atoms with Crippen LogP contribution in [0.15, 0.2) is 0 Å². The fourth-order valence-electron chi connectivity index (χ4n) is 2.75. The molecule has 20 heavy (non-hydrogen) atoms. The second-order valence-electron chi connectivity index (χ2n) is 6.17. The van der Waals surface area contributed by atoms with Gasteiger partial charge in [-0.15, -0.1) is 9.24 Å². The van der Waals surface area contributed by atoms with Gasteiger partial charge in [-0.05, 0) is 32.1 Å². The zero-order valence-electron chi connectivity index (χ0n) is 14.3. The number of hydrogen-bond acceptors (Lipinski definition) is 1. The van der Waals surface area contributed by atoms with Crippen LogP contribution in [-0.2, 0) is 0 Å². The molecule has 122 valence electrons. The molecule has 0 aromatic carbocycles. The van der Waals surface area contributed by atoms with Crippen LogP contribution in [0.3, 0.4) is 0 Å². The zero-order valence-corrected chi connectivity index (χ0v) is 15.5. The highest BCUT2D eigenvalue weighted by Crippen LogP contribution is 2.09. The Kier molecular flexibility index (Phi) is 17.8. The van der Waals surface area contributed by atoms with Crippen molar-refractivity contribution in [1.82, 2.24) is 4.90 Å². The SMILES string of the molecule is CCCCCCCCN(CCP)CCCCCCCC. The monoisotopic (exact) mass is 301 g/mol. The molecular weight excluding hydrogens is 261 g/mol. The second-order valence-corrected chi connectivity index (χ2v) is 6.74. The van der Waals surface area contributed by atoms with Gasteiger partial charge >= 0.3 is 0 Å². The molecule has 2 heteroatoms. The largest absolute Gasteiger partial charge is 0.303 e. The molecule has 0 saturated heterocycles. The molecule has 0 spiro atoms. The van der Waals surface area contributed by atoms with Gasteiger partial charge in [0, 0.05) is 6.54 Å². The summed E-state index contributed by atoms with van der Waals surface area (Å²) in [6.07, 6.45) is 18.2. The van der Waals surface area contributed by atoms with Crippen LogP contribution in [0, 0.1) is 0 Å². The Morgan fingerprint density at radius 1 is 0.550 bits per heavy atom. The maximum absolute atomic E-state index is 2.88. The fraction of sp³-hybridized carbons (Fsp3) is 1.00. The third kappa shape index (κ3) is 14.8. The van der Waals surface area contributed by atoms with E-state index in [1.807, 2.05) is 0 Å². The molecule has 0 bridgehead atoms. The lowest BCUT2D eigenvalue weighted by atomic mass is 10.1. The number of nitrogens with zero attached hydrogens (tertiary/aromatic N) is 1. The summed E-state index contributed by atoms with van der Waals surface area (Å²) in [5, 5.41) is 0. The summed E-state index contributed by atoms with van der Waals surface area (Å²) >= 11 is 0. The third-order valence-electron chi connectivity index (χ3n) is 4.10. The van der Waals surface area contributed by atoms with E-state index in [0.29, 0.717) is 0 Å². The standard InChI is InChI=1S/C18H40NP/c1-3-5-7-9-11-13-15-19(17-18-20)16-14-12-10-8-6-4-2/h3-18,20H2,1-2H3. The predicted molar refractivity (Wildman–Crippen MR) is 97.8 cm³/mol. The van der Waals surface area contributed by atoms with E-state index in [2.05, 4.69) is 28.0 Å². The predicted octanol–water partition coefficient (Wildman–Crippen LogP) is 5.88. The topological polar surface area (TPSA) is 3.24 Å². The molecule has 0 aliphatic heterocycles. The van der Waals surface area contributed by atoms with Gasteiger partial charge in [0.25, 0.3) is 0 Å². The normalized spacial score (nSPS) is 11.4. The van der Waals surface area contributed by atoms with Gasteiger partial charge in [0.15, 0.2) is 0 Å². The van der Waals surface area contributed by atoms with Crippen molar-refractivity contribution in [2.75, 3.05) is 25.8 Å². The second kappa shape index (κ2) is 17.4. The first-order valence-corrected chi connectivity index (χ1v) is 10.1. The van der Waals surface area contributed by atoms with E-state index in [4.69, 9.17) is 0 Å². The van der Waals surface area contributed by atoms with Crippen molar-refractivity contribution >= 4 is 9.24 Å². The minimum absolute atomic E-state index is 1.23. The maximum Gasteiger partial charge on any atom is 0.00159 e. The molecule has 0 aliphatic carbocycles. The smallest absolute Gasteiger partial charge is 0.00159 e. The first-order valence-electron chi connectivity index (χ1n) is 9.27. The molecule has 0 radical (unpaired) electrons. The Balaban J connectivity index is 3.45. The van der Waals surface area contributed by atoms with Crippen molar-refractivity contribution in [3.63, 3.8) is 0 Å². The molecule has 1 nitrogen and oxygen atoms in total. The van der Waals surface area contributed by atoms with Gasteiger partial charge in [-0.2, -0.15) is 0 Å². The molecule has 0 heterocycles. The Morgan fingerprint density at radius 3 is 1.35 bits per heavy atom. The number of hydrogen-bond donors (Lipinski definition) is 0. The Hall–Kier alpha value is 0.390. The van der Waals surface area contributed by atoms with Crippen molar-refractivity contribution in [3.8, 4) is 0 Å². The Bertz CT molecular complexity index is 157. The van der Waals surface area contributed by atoms with Crippen LogP contribution in [0.2, 0.25) is 0 Å². The third-order valence-corrected chi connectivity index (χ3v) is 4.36. The van der Waals surface area contributed by atoms with E-state index in [9.17, 15) is 0 Å². The summed E-state index contributed by atoms with van der Waals surface area (Å²) < 4.78 is 0. The van der Waals surface area contributed by atoms with Crippen molar-refractivity contribution in [1.29, 1.82) is 0 Å². The molecule has 0 aromatic rings. The van der Waals surface area contributed by atoms with Gasteiger partial charge in [0.2, 0.25) is 0 Å². The van der Waals surface area contributed by atoms with Gasteiger partial charge in [-0.1, -0.05) is 78.1 Å².